The number of hydrogen-bond acceptors (Lipinski definition) is 4. The van der Waals surface area contributed by atoms with Gasteiger partial charge in [0.05, 0.1) is 18.6 Å². The summed E-state index contributed by atoms with van der Waals surface area (Å²) in [5.74, 6) is -0.687. The predicted octanol–water partition coefficient (Wildman–Crippen LogP) is -0.00360. The van der Waals surface area contributed by atoms with E-state index in [9.17, 15) is 4.79 Å². The van der Waals surface area contributed by atoms with Gasteiger partial charge in [-0.3, -0.25) is 4.79 Å². The van der Waals surface area contributed by atoms with Crippen LogP contribution >= 0.6 is 12.6 Å². The van der Waals surface area contributed by atoms with Gasteiger partial charge in [-0.2, -0.15) is 12.6 Å². The van der Waals surface area contributed by atoms with E-state index in [1.54, 1.807) is 6.92 Å². The third-order valence-electron chi connectivity index (χ3n) is 0.960. The summed E-state index contributed by atoms with van der Waals surface area (Å²) in [6.07, 6.45) is -0.560. The van der Waals surface area contributed by atoms with Crippen LogP contribution in [0, 0.1) is 5.92 Å². The summed E-state index contributed by atoms with van der Waals surface area (Å²) in [6.45, 7) is 3.01. The van der Waals surface area contributed by atoms with Gasteiger partial charge in [-0.25, -0.2) is 0 Å². The molecule has 0 saturated heterocycles. The molecule has 2 atom stereocenters. The third-order valence-corrected chi connectivity index (χ3v) is 1.51. The minimum atomic E-state index is -0.782. The molecule has 0 amide bonds. The number of aliphatic carboxylic acids is 1. The molecule has 0 aliphatic carbocycles. The molecule has 3 N–H and O–H groups in total. The molecule has 0 aliphatic rings. The quantitative estimate of drug-likeness (QED) is 0.479. The van der Waals surface area contributed by atoms with Crippen LogP contribution in [0.4, 0.5) is 0 Å². The van der Waals surface area contributed by atoms with Crippen molar-refractivity contribution in [2.45, 2.75) is 20.0 Å². The molecule has 0 spiro atoms. The van der Waals surface area contributed by atoms with Crippen LogP contribution in [-0.4, -0.2) is 39.8 Å². The highest BCUT2D eigenvalue weighted by Crippen LogP contribution is 1.94. The molecule has 5 heteroatoms. The van der Waals surface area contributed by atoms with Gasteiger partial charge in [-0.05, 0) is 6.92 Å². The normalized spacial score (nSPS) is 14.1. The standard InChI is InChI=1S/C4H8O2S.C3H8O2/c1-3(2-7)4(5)6;1-3(5)2-4/h3,7H,2H2,1H3,(H,5,6);3-5H,2H2,1H3. The van der Waals surface area contributed by atoms with E-state index in [-0.39, 0.29) is 12.5 Å². The first-order chi connectivity index (χ1) is 5.45. The minimum absolute atomic E-state index is 0.139. The second-order valence-corrected chi connectivity index (χ2v) is 2.82. The Morgan fingerprint density at radius 3 is 1.83 bits per heavy atom. The van der Waals surface area contributed by atoms with Crippen LogP contribution in [-0.2, 0) is 4.79 Å². The Morgan fingerprint density at radius 1 is 1.50 bits per heavy atom. The second kappa shape index (κ2) is 8.83. The molecule has 12 heavy (non-hydrogen) atoms. The minimum Gasteiger partial charge on any atom is -0.481 e. The molecule has 0 radical (unpaired) electrons. The summed E-state index contributed by atoms with van der Waals surface area (Å²) >= 11 is 3.77. The smallest absolute Gasteiger partial charge is 0.307 e. The van der Waals surface area contributed by atoms with E-state index in [4.69, 9.17) is 15.3 Å². The van der Waals surface area contributed by atoms with Crippen LogP contribution in [0.25, 0.3) is 0 Å². The van der Waals surface area contributed by atoms with Gasteiger partial charge in [0.15, 0.2) is 0 Å². The number of hydrogen-bond donors (Lipinski definition) is 4. The molecular weight excluding hydrogens is 180 g/mol. The highest BCUT2D eigenvalue weighted by molar-refractivity contribution is 7.80. The number of rotatable bonds is 3. The number of thiol groups is 1. The van der Waals surface area contributed by atoms with E-state index in [1.165, 1.54) is 6.92 Å². The van der Waals surface area contributed by atoms with Gasteiger partial charge in [0.2, 0.25) is 0 Å². The van der Waals surface area contributed by atoms with Gasteiger partial charge in [0.25, 0.3) is 0 Å². The maximum Gasteiger partial charge on any atom is 0.307 e. The van der Waals surface area contributed by atoms with Gasteiger partial charge in [0.1, 0.15) is 0 Å². The summed E-state index contributed by atoms with van der Waals surface area (Å²) in [5, 5.41) is 24.1. The first kappa shape index (κ1) is 14.3. The number of aliphatic hydroxyl groups is 2. The molecule has 0 aliphatic heterocycles. The lowest BCUT2D eigenvalue weighted by Gasteiger charge is -1.95. The fourth-order valence-electron chi connectivity index (χ4n) is 0.0781. The molecule has 0 aromatic heterocycles. The second-order valence-electron chi connectivity index (χ2n) is 2.45. The molecule has 0 aromatic carbocycles. The average molecular weight is 196 g/mol. The Bertz CT molecular complexity index is 116. The van der Waals surface area contributed by atoms with Crippen molar-refractivity contribution >= 4 is 18.6 Å². The fraction of sp³-hybridized carbons (Fsp3) is 0.857. The molecule has 0 heterocycles. The third kappa shape index (κ3) is 12.4. The lowest BCUT2D eigenvalue weighted by Crippen LogP contribution is -2.09. The Kier molecular flexibility index (Phi) is 10.5. The Hall–Kier alpha value is -0.260. The molecule has 0 rings (SSSR count). The average Bonchev–Trinajstić information content (AvgIpc) is 2.04. The summed E-state index contributed by atoms with van der Waals surface area (Å²) in [7, 11) is 0. The van der Waals surface area contributed by atoms with Crippen molar-refractivity contribution in [3.63, 3.8) is 0 Å². The maximum absolute atomic E-state index is 9.88. The number of aliphatic hydroxyl groups excluding tert-OH is 2. The van der Waals surface area contributed by atoms with E-state index >= 15 is 0 Å². The molecule has 0 fully saturated rings. The van der Waals surface area contributed by atoms with Gasteiger partial charge >= 0.3 is 5.97 Å². The first-order valence-corrected chi connectivity index (χ1v) is 4.21. The number of carboxylic acid groups (broad SMARTS) is 1. The maximum atomic E-state index is 9.88. The van der Waals surface area contributed by atoms with E-state index in [0.29, 0.717) is 5.75 Å². The molecule has 74 valence electrons. The van der Waals surface area contributed by atoms with Crippen molar-refractivity contribution < 1.29 is 20.1 Å². The Morgan fingerprint density at radius 2 is 1.83 bits per heavy atom. The van der Waals surface area contributed by atoms with Crippen molar-refractivity contribution in [3.05, 3.63) is 0 Å². The summed E-state index contributed by atoms with van der Waals surface area (Å²) in [6, 6.07) is 0. The Balaban J connectivity index is 0. The largest absolute Gasteiger partial charge is 0.481 e. The molecular formula is C7H16O4S. The fourth-order valence-corrected chi connectivity index (χ4v) is 0.234. The zero-order valence-electron chi connectivity index (χ0n) is 7.27. The van der Waals surface area contributed by atoms with E-state index in [2.05, 4.69) is 12.6 Å². The monoisotopic (exact) mass is 196 g/mol. The van der Waals surface area contributed by atoms with Crippen molar-refractivity contribution in [1.82, 2.24) is 0 Å². The number of carboxylic acids is 1. The van der Waals surface area contributed by atoms with Crippen LogP contribution < -0.4 is 0 Å². The van der Waals surface area contributed by atoms with Gasteiger partial charge in [-0.15, -0.1) is 0 Å². The van der Waals surface area contributed by atoms with Gasteiger partial charge in [0, 0.05) is 5.75 Å². The lowest BCUT2D eigenvalue weighted by molar-refractivity contribution is -0.140. The summed E-state index contributed by atoms with van der Waals surface area (Å²) in [4.78, 5) is 9.88. The molecule has 0 bridgehead atoms. The Labute approximate surface area is 77.6 Å². The highest BCUT2D eigenvalue weighted by Gasteiger charge is 2.05. The summed E-state index contributed by atoms with van der Waals surface area (Å²) in [5.41, 5.74) is 0. The zero-order chi connectivity index (χ0) is 10.1. The highest BCUT2D eigenvalue weighted by atomic mass is 32.1. The van der Waals surface area contributed by atoms with Gasteiger partial charge < -0.3 is 15.3 Å². The van der Waals surface area contributed by atoms with Crippen molar-refractivity contribution in [1.29, 1.82) is 0 Å². The lowest BCUT2D eigenvalue weighted by atomic mass is 10.2. The van der Waals surface area contributed by atoms with Gasteiger partial charge in [-0.1, -0.05) is 6.92 Å². The van der Waals surface area contributed by atoms with Crippen LogP contribution in [0.2, 0.25) is 0 Å². The van der Waals surface area contributed by atoms with Crippen LogP contribution in [0.15, 0.2) is 0 Å². The van der Waals surface area contributed by atoms with Crippen LogP contribution in [0.5, 0.6) is 0 Å². The topological polar surface area (TPSA) is 77.8 Å². The molecule has 2 unspecified atom stereocenters. The van der Waals surface area contributed by atoms with E-state index in [1.807, 2.05) is 0 Å². The van der Waals surface area contributed by atoms with Crippen molar-refractivity contribution in [2.75, 3.05) is 12.4 Å². The summed E-state index contributed by atoms with van der Waals surface area (Å²) < 4.78 is 0. The predicted molar refractivity (Wildman–Crippen MR) is 49.4 cm³/mol. The first-order valence-electron chi connectivity index (χ1n) is 3.58. The van der Waals surface area contributed by atoms with Crippen molar-refractivity contribution in [2.24, 2.45) is 5.92 Å². The van der Waals surface area contributed by atoms with E-state index < -0.39 is 12.1 Å². The molecule has 0 aromatic rings. The van der Waals surface area contributed by atoms with Crippen LogP contribution in [0.1, 0.15) is 13.8 Å². The molecule has 4 nitrogen and oxygen atoms in total. The van der Waals surface area contributed by atoms with Crippen molar-refractivity contribution in [3.8, 4) is 0 Å². The number of carbonyl (C=O) groups is 1. The SMILES string of the molecule is CC(CS)C(=O)O.CC(O)CO. The molecule has 0 saturated carbocycles. The van der Waals surface area contributed by atoms with E-state index in [0.717, 1.165) is 0 Å². The van der Waals surface area contributed by atoms with Crippen LogP contribution in [0.3, 0.4) is 0 Å². The zero-order valence-corrected chi connectivity index (χ0v) is 8.16.